The van der Waals surface area contributed by atoms with E-state index in [4.69, 9.17) is 5.73 Å². The molecule has 1 unspecified atom stereocenters. The maximum atomic E-state index is 13.1. The summed E-state index contributed by atoms with van der Waals surface area (Å²) in [7, 11) is 0. The standard InChI is InChI=1S/C13H15FN2O2S/c1-13(12(15)18)4-5-16(7-13)11(17)8-2-3-9(14)10(19)6-8/h2-3,6,19H,4-5,7H2,1H3,(H2,15,18). The van der Waals surface area contributed by atoms with Crippen LogP contribution in [-0.2, 0) is 4.79 Å². The van der Waals surface area contributed by atoms with Gasteiger partial charge in [0.15, 0.2) is 0 Å². The fourth-order valence-corrected chi connectivity index (χ4v) is 2.38. The van der Waals surface area contributed by atoms with Crippen molar-refractivity contribution in [2.24, 2.45) is 11.1 Å². The lowest BCUT2D eigenvalue weighted by molar-refractivity contribution is -0.126. The summed E-state index contributed by atoms with van der Waals surface area (Å²) in [5.74, 6) is -1.11. The van der Waals surface area contributed by atoms with Gasteiger partial charge in [-0.25, -0.2) is 4.39 Å². The average Bonchev–Trinajstić information content (AvgIpc) is 2.76. The molecule has 0 aromatic heterocycles. The molecule has 6 heteroatoms. The van der Waals surface area contributed by atoms with Crippen LogP contribution in [0.3, 0.4) is 0 Å². The summed E-state index contributed by atoms with van der Waals surface area (Å²) in [4.78, 5) is 25.3. The van der Waals surface area contributed by atoms with Gasteiger partial charge in [0.25, 0.3) is 5.91 Å². The third-order valence-electron chi connectivity index (χ3n) is 3.55. The molecule has 0 radical (unpaired) electrons. The van der Waals surface area contributed by atoms with Crippen LogP contribution in [0.2, 0.25) is 0 Å². The molecule has 0 saturated carbocycles. The summed E-state index contributed by atoms with van der Waals surface area (Å²) in [6, 6.07) is 4.01. The van der Waals surface area contributed by atoms with Gasteiger partial charge in [-0.1, -0.05) is 0 Å². The second-order valence-corrected chi connectivity index (χ2v) is 5.55. The van der Waals surface area contributed by atoms with Gasteiger partial charge >= 0.3 is 0 Å². The van der Waals surface area contributed by atoms with Crippen molar-refractivity contribution in [3.05, 3.63) is 29.6 Å². The first kappa shape index (κ1) is 13.9. The maximum Gasteiger partial charge on any atom is 0.253 e. The molecule has 0 aliphatic carbocycles. The van der Waals surface area contributed by atoms with Gasteiger partial charge in [-0.05, 0) is 31.5 Å². The lowest BCUT2D eigenvalue weighted by atomic mass is 9.89. The molecule has 19 heavy (non-hydrogen) atoms. The predicted molar refractivity (Wildman–Crippen MR) is 71.5 cm³/mol. The van der Waals surface area contributed by atoms with Gasteiger partial charge in [0.05, 0.1) is 5.41 Å². The number of benzene rings is 1. The molecule has 1 atom stereocenters. The summed E-state index contributed by atoms with van der Waals surface area (Å²) in [5, 5.41) is 0. The van der Waals surface area contributed by atoms with Crippen LogP contribution in [0.4, 0.5) is 4.39 Å². The molecule has 1 aromatic rings. The van der Waals surface area contributed by atoms with Crippen LogP contribution >= 0.6 is 12.6 Å². The Bertz CT molecular complexity index is 549. The third kappa shape index (κ3) is 2.58. The predicted octanol–water partition coefficient (Wildman–Crippen LogP) is 1.45. The summed E-state index contributed by atoms with van der Waals surface area (Å²) in [6.45, 7) is 2.51. The fraction of sp³-hybridized carbons (Fsp3) is 0.385. The highest BCUT2D eigenvalue weighted by Crippen LogP contribution is 2.30. The Morgan fingerprint density at radius 2 is 2.16 bits per heavy atom. The topological polar surface area (TPSA) is 63.4 Å². The molecule has 1 aliphatic heterocycles. The average molecular weight is 282 g/mol. The minimum atomic E-state index is -0.681. The van der Waals surface area contributed by atoms with E-state index in [0.717, 1.165) is 0 Å². The summed E-state index contributed by atoms with van der Waals surface area (Å²) < 4.78 is 13.1. The van der Waals surface area contributed by atoms with Crippen LogP contribution in [-0.4, -0.2) is 29.8 Å². The Kier molecular flexibility index (Phi) is 3.54. The molecule has 2 N–H and O–H groups in total. The highest BCUT2D eigenvalue weighted by atomic mass is 32.1. The molecule has 1 aromatic carbocycles. The van der Waals surface area contributed by atoms with Crippen molar-refractivity contribution in [3.63, 3.8) is 0 Å². The van der Waals surface area contributed by atoms with Crippen molar-refractivity contribution >= 4 is 24.4 Å². The van der Waals surface area contributed by atoms with E-state index in [0.29, 0.717) is 25.1 Å². The molecule has 2 rings (SSSR count). The van der Waals surface area contributed by atoms with E-state index in [-0.39, 0.29) is 10.8 Å². The molecular weight excluding hydrogens is 267 g/mol. The van der Waals surface area contributed by atoms with Gasteiger partial charge in [0.1, 0.15) is 5.82 Å². The maximum absolute atomic E-state index is 13.1. The number of hydrogen-bond acceptors (Lipinski definition) is 3. The number of likely N-dealkylation sites (tertiary alicyclic amines) is 1. The van der Waals surface area contributed by atoms with Crippen LogP contribution in [0, 0.1) is 11.2 Å². The van der Waals surface area contributed by atoms with E-state index >= 15 is 0 Å². The van der Waals surface area contributed by atoms with Gasteiger partial charge in [0, 0.05) is 23.5 Å². The minimum Gasteiger partial charge on any atom is -0.369 e. The third-order valence-corrected chi connectivity index (χ3v) is 3.89. The van der Waals surface area contributed by atoms with Crippen LogP contribution in [0.1, 0.15) is 23.7 Å². The van der Waals surface area contributed by atoms with Crippen molar-refractivity contribution in [1.29, 1.82) is 0 Å². The van der Waals surface area contributed by atoms with Gasteiger partial charge in [-0.15, -0.1) is 12.6 Å². The van der Waals surface area contributed by atoms with Crippen LogP contribution in [0.15, 0.2) is 23.1 Å². The first-order chi connectivity index (χ1) is 8.83. The SMILES string of the molecule is CC1(C(N)=O)CCN(C(=O)c2ccc(F)c(S)c2)C1. The first-order valence-corrected chi connectivity index (χ1v) is 6.36. The second-order valence-electron chi connectivity index (χ2n) is 5.07. The molecule has 0 bridgehead atoms. The van der Waals surface area contributed by atoms with Crippen LogP contribution in [0.25, 0.3) is 0 Å². The molecule has 4 nitrogen and oxygen atoms in total. The van der Waals surface area contributed by atoms with E-state index in [1.54, 1.807) is 11.8 Å². The van der Waals surface area contributed by atoms with Crippen LogP contribution in [0.5, 0.6) is 0 Å². The van der Waals surface area contributed by atoms with Crippen molar-refractivity contribution in [2.75, 3.05) is 13.1 Å². The Morgan fingerprint density at radius 3 is 2.68 bits per heavy atom. The number of halogens is 1. The van der Waals surface area contributed by atoms with Gasteiger partial charge in [0.2, 0.25) is 5.91 Å². The number of primary amides is 1. The van der Waals surface area contributed by atoms with Gasteiger partial charge in [-0.2, -0.15) is 0 Å². The van der Waals surface area contributed by atoms with Crippen molar-refractivity contribution in [1.82, 2.24) is 4.90 Å². The highest BCUT2D eigenvalue weighted by Gasteiger charge is 2.40. The highest BCUT2D eigenvalue weighted by molar-refractivity contribution is 7.80. The first-order valence-electron chi connectivity index (χ1n) is 5.91. The number of hydrogen-bond donors (Lipinski definition) is 2. The van der Waals surface area contributed by atoms with Gasteiger partial charge < -0.3 is 10.6 Å². The summed E-state index contributed by atoms with van der Waals surface area (Å²) in [5.41, 5.74) is 5.02. The molecule has 1 heterocycles. The zero-order chi connectivity index (χ0) is 14.2. The monoisotopic (exact) mass is 282 g/mol. The van der Waals surface area contributed by atoms with E-state index < -0.39 is 17.1 Å². The largest absolute Gasteiger partial charge is 0.369 e. The molecule has 1 saturated heterocycles. The lowest BCUT2D eigenvalue weighted by Gasteiger charge is -2.21. The summed E-state index contributed by atoms with van der Waals surface area (Å²) >= 11 is 3.95. The lowest BCUT2D eigenvalue weighted by Crippen LogP contribution is -2.38. The smallest absolute Gasteiger partial charge is 0.253 e. The number of nitrogens with zero attached hydrogens (tertiary/aromatic N) is 1. The minimum absolute atomic E-state index is 0.128. The van der Waals surface area contributed by atoms with Crippen molar-refractivity contribution in [2.45, 2.75) is 18.2 Å². The molecule has 1 aliphatic rings. The van der Waals surface area contributed by atoms with Crippen molar-refractivity contribution < 1.29 is 14.0 Å². The normalized spacial score (nSPS) is 22.6. The van der Waals surface area contributed by atoms with E-state index in [9.17, 15) is 14.0 Å². The number of rotatable bonds is 2. The van der Waals surface area contributed by atoms with Crippen LogP contribution < -0.4 is 5.73 Å². The molecule has 0 spiro atoms. The molecule has 1 fully saturated rings. The van der Waals surface area contributed by atoms with E-state index in [1.807, 2.05) is 0 Å². The number of carbonyl (C=O) groups excluding carboxylic acids is 2. The Morgan fingerprint density at radius 1 is 1.47 bits per heavy atom. The Hall–Kier alpha value is -1.56. The number of amides is 2. The quantitative estimate of drug-likeness (QED) is 0.806. The molecule has 102 valence electrons. The molecule has 2 amide bonds. The van der Waals surface area contributed by atoms with Gasteiger partial charge in [-0.3, -0.25) is 9.59 Å². The van der Waals surface area contributed by atoms with Crippen molar-refractivity contribution in [3.8, 4) is 0 Å². The zero-order valence-corrected chi connectivity index (χ0v) is 11.4. The second kappa shape index (κ2) is 4.85. The molecular formula is C13H15FN2O2S. The fourth-order valence-electron chi connectivity index (χ4n) is 2.16. The summed E-state index contributed by atoms with van der Waals surface area (Å²) in [6.07, 6.45) is 0.545. The Labute approximate surface area is 116 Å². The van der Waals surface area contributed by atoms with E-state index in [2.05, 4.69) is 12.6 Å². The number of thiol groups is 1. The van der Waals surface area contributed by atoms with E-state index in [1.165, 1.54) is 18.2 Å². The zero-order valence-electron chi connectivity index (χ0n) is 10.5. The number of nitrogens with two attached hydrogens (primary N) is 1. The Balaban J connectivity index is 2.18. The number of carbonyl (C=O) groups is 2.